The first kappa shape index (κ1) is 17.5. The Morgan fingerprint density at radius 3 is 2.62 bits per heavy atom. The summed E-state index contributed by atoms with van der Waals surface area (Å²) in [6, 6.07) is 25.8. The summed E-state index contributed by atoms with van der Waals surface area (Å²) in [5.74, 6) is 0. The zero-order valence-electron chi connectivity index (χ0n) is 15.5. The SMILES string of the molecule is O=c1c(Cc2ccccc2)nc2cccnc2n1-c1cccc(-c2cccs2)c1. The largest absolute Gasteiger partial charge is 0.278 e. The molecule has 3 heterocycles. The molecule has 0 fully saturated rings. The predicted octanol–water partition coefficient (Wildman–Crippen LogP) is 5.10. The molecular weight excluding hydrogens is 378 g/mol. The van der Waals surface area contributed by atoms with Crippen molar-refractivity contribution in [2.24, 2.45) is 0 Å². The fourth-order valence-corrected chi connectivity index (χ4v) is 4.18. The number of aromatic nitrogens is 3. The Hall–Kier alpha value is -3.57. The lowest BCUT2D eigenvalue weighted by molar-refractivity contribution is 0.928. The van der Waals surface area contributed by atoms with Gasteiger partial charge in [-0.1, -0.05) is 48.5 Å². The first-order valence-corrected chi connectivity index (χ1v) is 10.2. The molecule has 0 aliphatic heterocycles. The van der Waals surface area contributed by atoms with Crippen molar-refractivity contribution in [3.05, 3.63) is 112 Å². The summed E-state index contributed by atoms with van der Waals surface area (Å²) < 4.78 is 1.68. The number of thiophene rings is 1. The van der Waals surface area contributed by atoms with E-state index in [2.05, 4.69) is 27.5 Å². The lowest BCUT2D eigenvalue weighted by Crippen LogP contribution is -2.25. The van der Waals surface area contributed by atoms with Crippen LogP contribution in [0.15, 0.2) is 95.2 Å². The quantitative estimate of drug-likeness (QED) is 0.425. The van der Waals surface area contributed by atoms with E-state index in [1.807, 2.05) is 66.7 Å². The van der Waals surface area contributed by atoms with Crippen molar-refractivity contribution in [1.82, 2.24) is 14.5 Å². The van der Waals surface area contributed by atoms with Crippen LogP contribution in [-0.4, -0.2) is 14.5 Å². The van der Waals surface area contributed by atoms with E-state index in [0.717, 1.165) is 21.7 Å². The summed E-state index contributed by atoms with van der Waals surface area (Å²) in [4.78, 5) is 23.7. The van der Waals surface area contributed by atoms with Crippen LogP contribution in [0.1, 0.15) is 11.3 Å². The first-order chi connectivity index (χ1) is 14.3. The van der Waals surface area contributed by atoms with Gasteiger partial charge in [0, 0.05) is 17.5 Å². The summed E-state index contributed by atoms with van der Waals surface area (Å²) in [6.07, 6.45) is 2.18. The molecule has 0 aliphatic carbocycles. The molecule has 5 aromatic rings. The lowest BCUT2D eigenvalue weighted by Gasteiger charge is -2.12. The van der Waals surface area contributed by atoms with Crippen LogP contribution in [0, 0.1) is 0 Å². The van der Waals surface area contributed by atoms with E-state index >= 15 is 0 Å². The molecule has 4 nitrogen and oxygen atoms in total. The Morgan fingerprint density at radius 1 is 0.897 bits per heavy atom. The highest BCUT2D eigenvalue weighted by atomic mass is 32.1. The number of fused-ring (bicyclic) bond motifs is 1. The van der Waals surface area contributed by atoms with E-state index < -0.39 is 0 Å². The smallest absolute Gasteiger partial charge is 0.267 e. The molecule has 0 bridgehead atoms. The van der Waals surface area contributed by atoms with Crippen molar-refractivity contribution >= 4 is 22.5 Å². The molecule has 0 radical (unpaired) electrons. The Kier molecular flexibility index (Phi) is 4.50. The van der Waals surface area contributed by atoms with Crippen LogP contribution in [0.2, 0.25) is 0 Å². The normalized spacial score (nSPS) is 11.0. The van der Waals surface area contributed by atoms with E-state index in [1.54, 1.807) is 22.1 Å². The average molecular weight is 395 g/mol. The second-order valence-electron chi connectivity index (χ2n) is 6.74. The van der Waals surface area contributed by atoms with Crippen LogP contribution in [0.3, 0.4) is 0 Å². The van der Waals surface area contributed by atoms with Gasteiger partial charge >= 0.3 is 0 Å². The van der Waals surface area contributed by atoms with E-state index in [-0.39, 0.29) is 5.56 Å². The molecule has 0 N–H and O–H groups in total. The third kappa shape index (κ3) is 3.37. The van der Waals surface area contributed by atoms with Gasteiger partial charge in [0.05, 0.1) is 5.69 Å². The molecule has 140 valence electrons. The summed E-state index contributed by atoms with van der Waals surface area (Å²) in [5, 5.41) is 2.05. The topological polar surface area (TPSA) is 47.8 Å². The molecule has 3 aromatic heterocycles. The van der Waals surface area contributed by atoms with Gasteiger partial charge in [-0.2, -0.15) is 0 Å². The zero-order chi connectivity index (χ0) is 19.6. The van der Waals surface area contributed by atoms with Gasteiger partial charge in [-0.15, -0.1) is 11.3 Å². The van der Waals surface area contributed by atoms with Gasteiger partial charge in [0.25, 0.3) is 5.56 Å². The molecule has 5 heteroatoms. The van der Waals surface area contributed by atoms with Gasteiger partial charge in [-0.05, 0) is 46.8 Å². The molecule has 5 rings (SSSR count). The Balaban J connectivity index is 1.72. The van der Waals surface area contributed by atoms with Crippen molar-refractivity contribution in [3.63, 3.8) is 0 Å². The lowest BCUT2D eigenvalue weighted by atomic mass is 10.1. The second kappa shape index (κ2) is 7.45. The Labute approximate surface area is 171 Å². The van der Waals surface area contributed by atoms with Gasteiger partial charge in [-0.25, -0.2) is 9.97 Å². The Morgan fingerprint density at radius 2 is 1.79 bits per heavy atom. The van der Waals surface area contributed by atoms with Gasteiger partial charge < -0.3 is 0 Å². The molecule has 0 saturated carbocycles. The molecule has 0 unspecified atom stereocenters. The van der Waals surface area contributed by atoms with E-state index in [4.69, 9.17) is 0 Å². The molecule has 0 saturated heterocycles. The number of hydrogen-bond donors (Lipinski definition) is 0. The molecule has 0 amide bonds. The highest BCUT2D eigenvalue weighted by Gasteiger charge is 2.14. The fraction of sp³-hybridized carbons (Fsp3) is 0.0417. The van der Waals surface area contributed by atoms with Crippen LogP contribution in [-0.2, 0) is 6.42 Å². The summed E-state index contributed by atoms with van der Waals surface area (Å²) in [5.41, 5.74) is 4.58. The third-order valence-corrected chi connectivity index (χ3v) is 5.73. The Bertz CT molecular complexity index is 1340. The zero-order valence-corrected chi connectivity index (χ0v) is 16.3. The standard InChI is InChI=1S/C24H17N3OS/c28-24-21(15-17-7-2-1-3-8-17)26-20-11-5-13-25-23(20)27(24)19-10-4-9-18(16-19)22-12-6-14-29-22/h1-14,16H,15H2. The highest BCUT2D eigenvalue weighted by Crippen LogP contribution is 2.26. The highest BCUT2D eigenvalue weighted by molar-refractivity contribution is 7.13. The minimum atomic E-state index is -0.136. The number of nitrogens with zero attached hydrogens (tertiary/aromatic N) is 3. The van der Waals surface area contributed by atoms with E-state index in [1.165, 1.54) is 0 Å². The molecule has 0 aliphatic rings. The van der Waals surface area contributed by atoms with Gasteiger partial charge in [0.2, 0.25) is 0 Å². The number of benzene rings is 2. The average Bonchev–Trinajstić information content (AvgIpc) is 3.30. The minimum absolute atomic E-state index is 0.136. The van der Waals surface area contributed by atoms with E-state index in [9.17, 15) is 4.79 Å². The van der Waals surface area contributed by atoms with Crippen molar-refractivity contribution in [2.45, 2.75) is 6.42 Å². The number of rotatable bonds is 4. The third-order valence-electron chi connectivity index (χ3n) is 4.81. The van der Waals surface area contributed by atoms with Gasteiger partial charge in [-0.3, -0.25) is 9.36 Å². The van der Waals surface area contributed by atoms with E-state index in [0.29, 0.717) is 23.3 Å². The number of pyridine rings is 1. The first-order valence-electron chi connectivity index (χ1n) is 9.34. The number of hydrogen-bond acceptors (Lipinski definition) is 4. The van der Waals surface area contributed by atoms with Gasteiger partial charge in [0.1, 0.15) is 11.2 Å². The molecule has 0 spiro atoms. The summed E-state index contributed by atoms with van der Waals surface area (Å²) in [7, 11) is 0. The van der Waals surface area contributed by atoms with Crippen LogP contribution < -0.4 is 5.56 Å². The van der Waals surface area contributed by atoms with Crippen LogP contribution >= 0.6 is 11.3 Å². The maximum absolute atomic E-state index is 13.4. The van der Waals surface area contributed by atoms with Gasteiger partial charge in [0.15, 0.2) is 5.65 Å². The molecule has 0 atom stereocenters. The van der Waals surface area contributed by atoms with Crippen molar-refractivity contribution in [1.29, 1.82) is 0 Å². The van der Waals surface area contributed by atoms with Crippen LogP contribution in [0.25, 0.3) is 27.3 Å². The minimum Gasteiger partial charge on any atom is -0.267 e. The summed E-state index contributed by atoms with van der Waals surface area (Å²) in [6.45, 7) is 0. The van der Waals surface area contributed by atoms with Crippen LogP contribution in [0.5, 0.6) is 0 Å². The maximum atomic E-state index is 13.4. The van der Waals surface area contributed by atoms with Crippen LogP contribution in [0.4, 0.5) is 0 Å². The van der Waals surface area contributed by atoms with Crippen molar-refractivity contribution in [2.75, 3.05) is 0 Å². The monoisotopic (exact) mass is 395 g/mol. The maximum Gasteiger partial charge on any atom is 0.278 e. The second-order valence-corrected chi connectivity index (χ2v) is 7.68. The molecule has 2 aromatic carbocycles. The molecular formula is C24H17N3OS. The predicted molar refractivity (Wildman–Crippen MR) is 118 cm³/mol. The van der Waals surface area contributed by atoms with Crippen molar-refractivity contribution in [3.8, 4) is 16.1 Å². The summed E-state index contributed by atoms with van der Waals surface area (Å²) >= 11 is 1.68. The van der Waals surface area contributed by atoms with Crippen molar-refractivity contribution < 1.29 is 0 Å². The fourth-order valence-electron chi connectivity index (χ4n) is 3.45. The molecule has 29 heavy (non-hydrogen) atoms.